The molecular weight excluding hydrogens is 304 g/mol. The fourth-order valence-corrected chi connectivity index (χ4v) is 1.80. The van der Waals surface area contributed by atoms with E-state index >= 15 is 0 Å². The van der Waals surface area contributed by atoms with Gasteiger partial charge >= 0.3 is 6.09 Å². The highest BCUT2D eigenvalue weighted by molar-refractivity contribution is 6.28. The molecule has 0 aliphatic carbocycles. The first-order chi connectivity index (χ1) is 10.3. The highest BCUT2D eigenvalue weighted by Crippen LogP contribution is 2.20. The summed E-state index contributed by atoms with van der Waals surface area (Å²) in [6, 6.07) is 8.87. The first-order valence-electron chi connectivity index (χ1n) is 6.67. The number of benzene rings is 1. The van der Waals surface area contributed by atoms with Crippen LogP contribution in [0.1, 0.15) is 20.8 Å². The van der Waals surface area contributed by atoms with Crippen molar-refractivity contribution < 1.29 is 9.53 Å². The summed E-state index contributed by atoms with van der Waals surface area (Å²) in [5.41, 5.74) is 0.820. The third kappa shape index (κ3) is 5.21. The van der Waals surface area contributed by atoms with E-state index in [1.165, 1.54) is 0 Å². The Kier molecular flexibility index (Phi) is 4.82. The summed E-state index contributed by atoms with van der Waals surface area (Å²) in [5.74, 6) is 0.564. The molecule has 0 atom stereocenters. The minimum absolute atomic E-state index is 0.160. The van der Waals surface area contributed by atoms with Gasteiger partial charge < -0.3 is 10.1 Å². The van der Waals surface area contributed by atoms with Crippen LogP contribution in [-0.2, 0) is 4.74 Å². The quantitative estimate of drug-likeness (QED) is 0.828. The van der Waals surface area contributed by atoms with Crippen molar-refractivity contribution in [3.8, 4) is 0 Å². The van der Waals surface area contributed by atoms with E-state index < -0.39 is 11.7 Å². The van der Waals surface area contributed by atoms with E-state index in [0.29, 0.717) is 11.5 Å². The fraction of sp³-hybridized carbons (Fsp3) is 0.267. The Morgan fingerprint density at radius 2 is 1.95 bits per heavy atom. The maximum atomic E-state index is 11.8. The number of aromatic nitrogens is 2. The fourth-order valence-electron chi connectivity index (χ4n) is 1.65. The Labute approximate surface area is 133 Å². The standard InChI is InChI=1S/C15H17ClN4O2/c1-15(2,3)22-14(21)19-11-6-4-5-10(9-11)18-12-7-8-17-13(16)20-12/h4-9H,1-3H3,(H,19,21)(H,17,18,20). The van der Waals surface area contributed by atoms with Gasteiger partial charge in [0.1, 0.15) is 11.4 Å². The lowest BCUT2D eigenvalue weighted by Gasteiger charge is -2.19. The van der Waals surface area contributed by atoms with Gasteiger partial charge in [-0.3, -0.25) is 5.32 Å². The van der Waals surface area contributed by atoms with Crippen LogP contribution in [0.2, 0.25) is 5.28 Å². The van der Waals surface area contributed by atoms with Gasteiger partial charge in [-0.05, 0) is 56.6 Å². The summed E-state index contributed by atoms with van der Waals surface area (Å²) in [5, 5.41) is 5.92. The van der Waals surface area contributed by atoms with Crippen molar-refractivity contribution in [2.24, 2.45) is 0 Å². The van der Waals surface area contributed by atoms with Crippen LogP contribution in [0, 0.1) is 0 Å². The monoisotopic (exact) mass is 320 g/mol. The van der Waals surface area contributed by atoms with Crippen LogP contribution in [0.25, 0.3) is 0 Å². The molecule has 0 aliphatic heterocycles. The van der Waals surface area contributed by atoms with Crippen molar-refractivity contribution in [3.05, 3.63) is 41.8 Å². The van der Waals surface area contributed by atoms with Crippen LogP contribution in [0.3, 0.4) is 0 Å². The van der Waals surface area contributed by atoms with Crippen molar-refractivity contribution in [2.45, 2.75) is 26.4 Å². The number of amides is 1. The molecular formula is C15H17ClN4O2. The predicted octanol–water partition coefficient (Wildman–Crippen LogP) is 4.22. The Morgan fingerprint density at radius 1 is 1.23 bits per heavy atom. The van der Waals surface area contributed by atoms with Gasteiger partial charge in [0, 0.05) is 17.6 Å². The van der Waals surface area contributed by atoms with E-state index in [0.717, 1.165) is 5.69 Å². The van der Waals surface area contributed by atoms with Crippen molar-refractivity contribution in [1.29, 1.82) is 0 Å². The number of hydrogen-bond donors (Lipinski definition) is 2. The van der Waals surface area contributed by atoms with Gasteiger partial charge in [-0.15, -0.1) is 0 Å². The van der Waals surface area contributed by atoms with E-state index in [1.54, 1.807) is 30.5 Å². The van der Waals surface area contributed by atoms with Gasteiger partial charge in [-0.1, -0.05) is 6.07 Å². The Balaban J connectivity index is 2.05. The molecule has 1 aromatic heterocycles. The second-order valence-corrected chi connectivity index (χ2v) is 5.88. The molecule has 7 heteroatoms. The molecule has 0 bridgehead atoms. The van der Waals surface area contributed by atoms with E-state index in [4.69, 9.17) is 16.3 Å². The molecule has 116 valence electrons. The lowest BCUT2D eigenvalue weighted by Crippen LogP contribution is -2.27. The second kappa shape index (κ2) is 6.62. The molecule has 0 fully saturated rings. The summed E-state index contributed by atoms with van der Waals surface area (Å²) in [4.78, 5) is 19.6. The minimum Gasteiger partial charge on any atom is -0.444 e. The molecule has 0 aliphatic rings. The van der Waals surface area contributed by atoms with Crippen LogP contribution in [0.4, 0.5) is 22.0 Å². The van der Waals surface area contributed by atoms with Crippen molar-refractivity contribution in [2.75, 3.05) is 10.6 Å². The molecule has 1 aromatic carbocycles. The van der Waals surface area contributed by atoms with E-state index in [-0.39, 0.29) is 5.28 Å². The van der Waals surface area contributed by atoms with Crippen molar-refractivity contribution in [1.82, 2.24) is 9.97 Å². The van der Waals surface area contributed by atoms with Gasteiger partial charge in [0.05, 0.1) is 0 Å². The van der Waals surface area contributed by atoms with Crippen LogP contribution in [0.15, 0.2) is 36.5 Å². The molecule has 0 saturated heterocycles. The molecule has 1 amide bonds. The number of ether oxygens (including phenoxy) is 1. The Hall–Kier alpha value is -2.34. The molecule has 0 radical (unpaired) electrons. The summed E-state index contributed by atoms with van der Waals surface area (Å²) in [6.45, 7) is 5.43. The average molecular weight is 321 g/mol. The lowest BCUT2D eigenvalue weighted by molar-refractivity contribution is 0.0636. The number of carbonyl (C=O) groups excluding carboxylic acids is 1. The molecule has 0 spiro atoms. The van der Waals surface area contributed by atoms with E-state index in [9.17, 15) is 4.79 Å². The number of carbonyl (C=O) groups is 1. The van der Waals surface area contributed by atoms with Crippen LogP contribution < -0.4 is 10.6 Å². The number of nitrogens with one attached hydrogen (secondary N) is 2. The highest BCUT2D eigenvalue weighted by Gasteiger charge is 2.16. The second-order valence-electron chi connectivity index (χ2n) is 5.54. The van der Waals surface area contributed by atoms with Gasteiger partial charge in [-0.25, -0.2) is 14.8 Å². The summed E-state index contributed by atoms with van der Waals surface area (Å²) < 4.78 is 5.21. The van der Waals surface area contributed by atoms with Crippen LogP contribution in [0.5, 0.6) is 0 Å². The first-order valence-corrected chi connectivity index (χ1v) is 7.05. The maximum absolute atomic E-state index is 11.8. The minimum atomic E-state index is -0.544. The average Bonchev–Trinajstić information content (AvgIpc) is 2.36. The molecule has 22 heavy (non-hydrogen) atoms. The maximum Gasteiger partial charge on any atom is 0.412 e. The third-order valence-electron chi connectivity index (χ3n) is 2.41. The van der Waals surface area contributed by atoms with E-state index in [1.807, 2.05) is 26.8 Å². The number of anilines is 3. The van der Waals surface area contributed by atoms with Crippen molar-refractivity contribution in [3.63, 3.8) is 0 Å². The zero-order chi connectivity index (χ0) is 16.2. The number of rotatable bonds is 3. The number of hydrogen-bond acceptors (Lipinski definition) is 5. The zero-order valence-electron chi connectivity index (χ0n) is 12.6. The lowest BCUT2D eigenvalue weighted by atomic mass is 10.2. The highest BCUT2D eigenvalue weighted by atomic mass is 35.5. The Morgan fingerprint density at radius 3 is 2.64 bits per heavy atom. The molecule has 2 aromatic rings. The zero-order valence-corrected chi connectivity index (χ0v) is 13.3. The predicted molar refractivity (Wildman–Crippen MR) is 86.6 cm³/mol. The summed E-state index contributed by atoms with van der Waals surface area (Å²) in [6.07, 6.45) is 1.05. The molecule has 0 unspecified atom stereocenters. The van der Waals surface area contributed by atoms with Crippen LogP contribution in [-0.4, -0.2) is 21.7 Å². The van der Waals surface area contributed by atoms with Crippen molar-refractivity contribution >= 4 is 34.9 Å². The van der Waals surface area contributed by atoms with Gasteiger partial charge in [0.2, 0.25) is 5.28 Å². The Bertz CT molecular complexity index is 671. The summed E-state index contributed by atoms with van der Waals surface area (Å²) >= 11 is 5.74. The molecule has 6 nitrogen and oxygen atoms in total. The smallest absolute Gasteiger partial charge is 0.412 e. The van der Waals surface area contributed by atoms with E-state index in [2.05, 4.69) is 20.6 Å². The number of halogens is 1. The molecule has 2 rings (SSSR count). The SMILES string of the molecule is CC(C)(C)OC(=O)Nc1cccc(Nc2ccnc(Cl)n2)c1. The van der Waals surface area contributed by atoms with Gasteiger partial charge in [0.25, 0.3) is 0 Å². The normalized spacial score (nSPS) is 10.9. The van der Waals surface area contributed by atoms with Gasteiger partial charge in [-0.2, -0.15) is 0 Å². The topological polar surface area (TPSA) is 76.1 Å². The first kappa shape index (κ1) is 16.0. The summed E-state index contributed by atoms with van der Waals surface area (Å²) in [7, 11) is 0. The molecule has 0 saturated carbocycles. The third-order valence-corrected chi connectivity index (χ3v) is 2.59. The number of nitrogens with zero attached hydrogens (tertiary/aromatic N) is 2. The largest absolute Gasteiger partial charge is 0.444 e. The van der Waals surface area contributed by atoms with Crippen LogP contribution >= 0.6 is 11.6 Å². The van der Waals surface area contributed by atoms with Gasteiger partial charge in [0.15, 0.2) is 0 Å². The molecule has 2 N–H and O–H groups in total. The molecule has 1 heterocycles.